The quantitative estimate of drug-likeness (QED) is 0.645. The standard InChI is InChI=1S/C17H12BrFN2O2/c1-23-15-5-3-14(4-6-15)21-17(22)12(10-20)8-11-9-13(18)2-7-16(11)19/h2-9H,1H3,(H,21,22)/b12-8+. The molecule has 0 aliphatic rings. The van der Waals surface area contributed by atoms with E-state index < -0.39 is 11.7 Å². The topological polar surface area (TPSA) is 62.1 Å². The SMILES string of the molecule is COc1ccc(NC(=O)/C(C#N)=C/c2cc(Br)ccc2F)cc1. The first-order valence-electron chi connectivity index (χ1n) is 6.55. The van der Waals surface area contributed by atoms with E-state index >= 15 is 0 Å². The molecule has 0 aromatic heterocycles. The molecule has 0 bridgehead atoms. The zero-order valence-electron chi connectivity index (χ0n) is 12.1. The number of nitrogens with zero attached hydrogens (tertiary/aromatic N) is 1. The van der Waals surface area contributed by atoms with Crippen LogP contribution < -0.4 is 10.1 Å². The zero-order chi connectivity index (χ0) is 16.8. The summed E-state index contributed by atoms with van der Waals surface area (Å²) in [5.74, 6) is -0.481. The average Bonchev–Trinajstić information content (AvgIpc) is 2.56. The smallest absolute Gasteiger partial charge is 0.266 e. The van der Waals surface area contributed by atoms with Crippen LogP contribution in [-0.4, -0.2) is 13.0 Å². The third-order valence-corrected chi connectivity index (χ3v) is 3.46. The first-order chi connectivity index (χ1) is 11.0. The Balaban J connectivity index is 2.22. The fourth-order valence-corrected chi connectivity index (χ4v) is 2.18. The molecule has 1 N–H and O–H groups in total. The van der Waals surface area contributed by atoms with Crippen molar-refractivity contribution >= 4 is 33.6 Å². The Hall–Kier alpha value is -2.65. The van der Waals surface area contributed by atoms with Crippen LogP contribution in [0.4, 0.5) is 10.1 Å². The minimum absolute atomic E-state index is 0.154. The van der Waals surface area contributed by atoms with Crippen LogP contribution in [0, 0.1) is 17.1 Å². The highest BCUT2D eigenvalue weighted by Gasteiger charge is 2.11. The van der Waals surface area contributed by atoms with Crippen LogP contribution >= 0.6 is 15.9 Å². The first kappa shape index (κ1) is 16.7. The number of benzene rings is 2. The third kappa shape index (κ3) is 4.41. The van der Waals surface area contributed by atoms with E-state index in [1.807, 2.05) is 0 Å². The molecule has 2 rings (SSSR count). The van der Waals surface area contributed by atoms with E-state index in [1.165, 1.54) is 31.4 Å². The molecule has 2 aromatic rings. The number of hydrogen-bond acceptors (Lipinski definition) is 3. The van der Waals surface area contributed by atoms with Crippen molar-refractivity contribution in [1.29, 1.82) is 5.26 Å². The number of carbonyl (C=O) groups is 1. The molecule has 0 atom stereocenters. The van der Waals surface area contributed by atoms with Crippen molar-refractivity contribution in [2.24, 2.45) is 0 Å². The van der Waals surface area contributed by atoms with Gasteiger partial charge in [-0.1, -0.05) is 15.9 Å². The van der Waals surface area contributed by atoms with Gasteiger partial charge in [0.2, 0.25) is 0 Å². The lowest BCUT2D eigenvalue weighted by atomic mass is 10.1. The lowest BCUT2D eigenvalue weighted by Gasteiger charge is -2.06. The number of amides is 1. The Bertz CT molecular complexity index is 795. The van der Waals surface area contributed by atoms with Crippen LogP contribution in [0.15, 0.2) is 52.5 Å². The van der Waals surface area contributed by atoms with E-state index in [4.69, 9.17) is 10.00 Å². The summed E-state index contributed by atoms with van der Waals surface area (Å²) >= 11 is 3.22. The third-order valence-electron chi connectivity index (χ3n) is 2.97. The Kier molecular flexibility index (Phi) is 5.50. The molecule has 0 fully saturated rings. The number of halogens is 2. The number of rotatable bonds is 4. The van der Waals surface area contributed by atoms with Gasteiger partial charge in [0.05, 0.1) is 7.11 Å². The van der Waals surface area contributed by atoms with Crippen LogP contribution in [0.25, 0.3) is 6.08 Å². The molecule has 0 saturated heterocycles. The monoisotopic (exact) mass is 374 g/mol. The van der Waals surface area contributed by atoms with Crippen molar-refractivity contribution in [1.82, 2.24) is 0 Å². The lowest BCUT2D eigenvalue weighted by molar-refractivity contribution is -0.112. The number of ether oxygens (including phenoxy) is 1. The molecule has 0 saturated carbocycles. The van der Waals surface area contributed by atoms with E-state index in [0.29, 0.717) is 15.9 Å². The van der Waals surface area contributed by atoms with Gasteiger partial charge in [-0.3, -0.25) is 4.79 Å². The van der Waals surface area contributed by atoms with Crippen molar-refractivity contribution in [2.75, 3.05) is 12.4 Å². The summed E-state index contributed by atoms with van der Waals surface area (Å²) in [4.78, 5) is 12.1. The van der Waals surface area contributed by atoms with Crippen LogP contribution in [0.2, 0.25) is 0 Å². The molecule has 0 radical (unpaired) electrons. The Morgan fingerprint density at radius 1 is 1.30 bits per heavy atom. The molecule has 6 heteroatoms. The second-order valence-electron chi connectivity index (χ2n) is 4.52. The molecular weight excluding hydrogens is 363 g/mol. The van der Waals surface area contributed by atoms with Gasteiger partial charge in [0.1, 0.15) is 23.2 Å². The molecule has 4 nitrogen and oxygen atoms in total. The van der Waals surface area contributed by atoms with Gasteiger partial charge in [0.25, 0.3) is 5.91 Å². The summed E-state index contributed by atoms with van der Waals surface area (Å²) in [6, 6.07) is 12.7. The predicted octanol–water partition coefficient (Wildman–Crippen LogP) is 4.14. The Morgan fingerprint density at radius 3 is 2.61 bits per heavy atom. The van der Waals surface area contributed by atoms with E-state index in [-0.39, 0.29) is 11.1 Å². The summed E-state index contributed by atoms with van der Waals surface area (Å²) in [7, 11) is 1.54. The van der Waals surface area contributed by atoms with Crippen molar-refractivity contribution in [2.45, 2.75) is 0 Å². The van der Waals surface area contributed by atoms with Gasteiger partial charge in [-0.05, 0) is 48.5 Å². The van der Waals surface area contributed by atoms with E-state index in [9.17, 15) is 9.18 Å². The van der Waals surface area contributed by atoms with Gasteiger partial charge in [-0.15, -0.1) is 0 Å². The van der Waals surface area contributed by atoms with E-state index in [1.54, 1.807) is 30.3 Å². The van der Waals surface area contributed by atoms with Crippen molar-refractivity contribution in [3.05, 3.63) is 63.9 Å². The van der Waals surface area contributed by atoms with Gasteiger partial charge < -0.3 is 10.1 Å². The number of methoxy groups -OCH3 is 1. The van der Waals surface area contributed by atoms with Gasteiger partial charge in [-0.25, -0.2) is 4.39 Å². The summed E-state index contributed by atoms with van der Waals surface area (Å²) in [5.41, 5.74) is 0.463. The number of hydrogen-bond donors (Lipinski definition) is 1. The van der Waals surface area contributed by atoms with Gasteiger partial charge in [0.15, 0.2) is 0 Å². The molecular formula is C17H12BrFN2O2. The maximum absolute atomic E-state index is 13.7. The maximum atomic E-state index is 13.7. The van der Waals surface area contributed by atoms with Crippen molar-refractivity contribution < 1.29 is 13.9 Å². The van der Waals surface area contributed by atoms with E-state index in [2.05, 4.69) is 21.2 Å². The van der Waals surface area contributed by atoms with Crippen LogP contribution in [0.3, 0.4) is 0 Å². The molecule has 0 unspecified atom stereocenters. The fourth-order valence-electron chi connectivity index (χ4n) is 1.80. The largest absolute Gasteiger partial charge is 0.497 e. The van der Waals surface area contributed by atoms with Crippen molar-refractivity contribution in [3.63, 3.8) is 0 Å². The zero-order valence-corrected chi connectivity index (χ0v) is 13.7. The summed E-state index contributed by atoms with van der Waals surface area (Å²) in [5, 5.41) is 11.7. The highest BCUT2D eigenvalue weighted by molar-refractivity contribution is 9.10. The molecule has 0 aliphatic heterocycles. The highest BCUT2D eigenvalue weighted by Crippen LogP contribution is 2.19. The van der Waals surface area contributed by atoms with Gasteiger partial charge >= 0.3 is 0 Å². The van der Waals surface area contributed by atoms with E-state index in [0.717, 1.165) is 0 Å². The summed E-state index contributed by atoms with van der Waals surface area (Å²) < 4.78 is 19.4. The minimum atomic E-state index is -0.614. The molecule has 0 heterocycles. The predicted molar refractivity (Wildman–Crippen MR) is 89.3 cm³/mol. The number of nitrogens with one attached hydrogen (secondary N) is 1. The highest BCUT2D eigenvalue weighted by atomic mass is 79.9. The maximum Gasteiger partial charge on any atom is 0.266 e. The van der Waals surface area contributed by atoms with Crippen molar-refractivity contribution in [3.8, 4) is 11.8 Å². The summed E-state index contributed by atoms with van der Waals surface area (Å²) in [6.07, 6.45) is 1.21. The Labute approximate surface area is 141 Å². The molecule has 0 spiro atoms. The second kappa shape index (κ2) is 7.56. The number of nitriles is 1. The lowest BCUT2D eigenvalue weighted by Crippen LogP contribution is -2.13. The minimum Gasteiger partial charge on any atom is -0.497 e. The van der Waals surface area contributed by atoms with Gasteiger partial charge in [-0.2, -0.15) is 5.26 Å². The molecule has 0 aliphatic carbocycles. The molecule has 116 valence electrons. The van der Waals surface area contributed by atoms with Gasteiger partial charge in [0, 0.05) is 15.7 Å². The molecule has 23 heavy (non-hydrogen) atoms. The number of carbonyl (C=O) groups excluding carboxylic acids is 1. The Morgan fingerprint density at radius 2 is 2.00 bits per heavy atom. The van der Waals surface area contributed by atoms with Crippen LogP contribution in [0.1, 0.15) is 5.56 Å². The normalized spacial score (nSPS) is 10.8. The van der Waals surface area contributed by atoms with Crippen LogP contribution in [0.5, 0.6) is 5.75 Å². The molecule has 2 aromatic carbocycles. The van der Waals surface area contributed by atoms with Crippen LogP contribution in [-0.2, 0) is 4.79 Å². The average molecular weight is 375 g/mol. The number of anilines is 1. The fraction of sp³-hybridized carbons (Fsp3) is 0.0588. The molecule has 1 amide bonds. The first-order valence-corrected chi connectivity index (χ1v) is 7.35. The second-order valence-corrected chi connectivity index (χ2v) is 5.43. The summed E-state index contributed by atoms with van der Waals surface area (Å²) in [6.45, 7) is 0.